The molecule has 2 atom stereocenters. The number of nitrogens with one attached hydrogen (secondary N) is 1. The Morgan fingerprint density at radius 1 is 1.24 bits per heavy atom. The summed E-state index contributed by atoms with van der Waals surface area (Å²) in [5, 5.41) is 14.2. The summed E-state index contributed by atoms with van der Waals surface area (Å²) >= 11 is 0. The molecule has 11 heteroatoms. The van der Waals surface area contributed by atoms with Gasteiger partial charge < -0.3 is 19.9 Å². The van der Waals surface area contributed by atoms with Gasteiger partial charge in [-0.2, -0.15) is 13.2 Å². The van der Waals surface area contributed by atoms with E-state index in [1.54, 1.807) is 12.4 Å². The fourth-order valence-electron chi connectivity index (χ4n) is 3.86. The number of cyclic esters (lactones) is 1. The van der Waals surface area contributed by atoms with Gasteiger partial charge in [-0.3, -0.25) is 4.98 Å². The molecule has 3 aromatic rings. The van der Waals surface area contributed by atoms with Gasteiger partial charge in [0.15, 0.2) is 6.10 Å². The van der Waals surface area contributed by atoms with Crippen LogP contribution in [0.5, 0.6) is 5.75 Å². The average Bonchev–Trinajstić information content (AvgIpc) is 3.17. The van der Waals surface area contributed by atoms with E-state index in [9.17, 15) is 27.9 Å². The number of ether oxygens (including phenoxy) is 2. The number of hydrogen-bond donors (Lipinski definition) is 2. The van der Waals surface area contributed by atoms with Crippen LogP contribution in [0.4, 0.5) is 22.8 Å². The predicted molar refractivity (Wildman–Crippen MR) is 114 cm³/mol. The summed E-state index contributed by atoms with van der Waals surface area (Å²) in [5.41, 5.74) is -0.382. The summed E-state index contributed by atoms with van der Waals surface area (Å²) < 4.78 is 50.1. The highest BCUT2D eigenvalue weighted by atomic mass is 19.4. The fraction of sp³-hybridized carbons (Fsp3) is 0.261. The topological polar surface area (TPSA) is 101 Å². The third-order valence-electron chi connectivity index (χ3n) is 5.51. The van der Waals surface area contributed by atoms with Gasteiger partial charge in [0.2, 0.25) is 0 Å². The molecule has 4 rings (SSSR count). The quantitative estimate of drug-likeness (QED) is 0.578. The smallest absolute Gasteiger partial charge is 0.419 e. The number of rotatable bonds is 5. The van der Waals surface area contributed by atoms with Gasteiger partial charge in [0.1, 0.15) is 11.8 Å². The molecule has 0 aliphatic carbocycles. The molecule has 1 fully saturated rings. The first-order valence-electron chi connectivity index (χ1n) is 10.2. The third kappa shape index (κ3) is 4.46. The van der Waals surface area contributed by atoms with E-state index in [2.05, 4.69) is 10.3 Å². The lowest BCUT2D eigenvalue weighted by molar-refractivity contribution is -0.137. The van der Waals surface area contributed by atoms with E-state index in [1.165, 1.54) is 13.2 Å². The van der Waals surface area contributed by atoms with Gasteiger partial charge in [-0.1, -0.05) is 24.3 Å². The molecule has 1 aliphatic rings. The molecule has 8 nitrogen and oxygen atoms in total. The lowest BCUT2D eigenvalue weighted by Crippen LogP contribution is -2.46. The number of fused-ring (bicyclic) bond motifs is 1. The number of benzene rings is 2. The number of halogens is 3. The fourth-order valence-corrected chi connectivity index (χ4v) is 3.86. The summed E-state index contributed by atoms with van der Waals surface area (Å²) in [5.74, 6) is -0.107. The van der Waals surface area contributed by atoms with Crippen LogP contribution in [0, 0.1) is 0 Å². The number of aromatic nitrogens is 1. The van der Waals surface area contributed by atoms with Gasteiger partial charge in [-0.25, -0.2) is 14.5 Å². The lowest BCUT2D eigenvalue weighted by atomic mass is 9.99. The van der Waals surface area contributed by atoms with Gasteiger partial charge in [0.25, 0.3) is 0 Å². The number of urea groups is 1. The summed E-state index contributed by atoms with van der Waals surface area (Å²) in [6, 6.07) is 8.16. The molecule has 178 valence electrons. The van der Waals surface area contributed by atoms with Crippen LogP contribution in [-0.2, 0) is 17.5 Å². The Kier molecular flexibility index (Phi) is 6.29. The predicted octanol–water partition coefficient (Wildman–Crippen LogP) is 4.03. The van der Waals surface area contributed by atoms with Crippen molar-refractivity contribution in [3.63, 3.8) is 0 Å². The molecule has 34 heavy (non-hydrogen) atoms. The van der Waals surface area contributed by atoms with Crippen LogP contribution < -0.4 is 10.1 Å². The van der Waals surface area contributed by atoms with Gasteiger partial charge >= 0.3 is 18.3 Å². The Bertz CT molecular complexity index is 1230. The number of carbonyl (C=O) groups excluding carboxylic acids is 2. The van der Waals surface area contributed by atoms with E-state index in [4.69, 9.17) is 9.47 Å². The number of pyridine rings is 1. The van der Waals surface area contributed by atoms with E-state index in [0.29, 0.717) is 10.5 Å². The van der Waals surface area contributed by atoms with Crippen LogP contribution in [0.3, 0.4) is 0 Å². The zero-order chi connectivity index (χ0) is 24.5. The molecule has 0 bridgehead atoms. The standard InChI is InChI=1S/C23H20F3N3O5/c1-33-17-7-14(6-16(8-17)23(24,25)26)20-19(12-30)29(22(32)34-20)21(31)28-11-15-10-27-9-13-4-2-3-5-18(13)15/h2-10,19-20,30H,11-12H2,1H3,(H,28,31)/t19-,20?/m0/s1. The van der Waals surface area contributed by atoms with E-state index in [-0.39, 0.29) is 17.9 Å². The molecule has 1 unspecified atom stereocenters. The summed E-state index contributed by atoms with van der Waals surface area (Å²) in [6.07, 6.45) is -3.84. The third-order valence-corrected chi connectivity index (χ3v) is 5.51. The number of aliphatic hydroxyl groups is 1. The zero-order valence-corrected chi connectivity index (χ0v) is 17.9. The SMILES string of the molecule is COc1cc(C2OC(=O)N(C(=O)NCc3cncc4ccccc34)[C@H]2CO)cc(C(F)(F)F)c1. The number of alkyl halides is 3. The Morgan fingerprint density at radius 2 is 2.00 bits per heavy atom. The highest BCUT2D eigenvalue weighted by Gasteiger charge is 2.46. The van der Waals surface area contributed by atoms with Gasteiger partial charge in [-0.05, 0) is 34.7 Å². The molecule has 0 saturated carbocycles. The van der Waals surface area contributed by atoms with Crippen molar-refractivity contribution in [2.24, 2.45) is 0 Å². The average molecular weight is 475 g/mol. The molecule has 1 aromatic heterocycles. The number of aliphatic hydroxyl groups excluding tert-OH is 1. The summed E-state index contributed by atoms with van der Waals surface area (Å²) in [6.45, 7) is -0.699. The van der Waals surface area contributed by atoms with Crippen LogP contribution in [0.15, 0.2) is 54.9 Å². The number of carbonyl (C=O) groups is 2. The summed E-state index contributed by atoms with van der Waals surface area (Å²) in [7, 11) is 1.20. The van der Waals surface area contributed by atoms with Crippen molar-refractivity contribution in [2.75, 3.05) is 13.7 Å². The van der Waals surface area contributed by atoms with Crippen LogP contribution in [0.1, 0.15) is 22.8 Å². The van der Waals surface area contributed by atoms with E-state index < -0.39 is 42.6 Å². The summed E-state index contributed by atoms with van der Waals surface area (Å²) in [4.78, 5) is 30.1. The Labute approximate surface area is 191 Å². The van der Waals surface area contributed by atoms with Gasteiger partial charge in [0, 0.05) is 24.3 Å². The lowest BCUT2D eigenvalue weighted by Gasteiger charge is -2.22. The molecule has 3 amide bonds. The number of methoxy groups -OCH3 is 1. The second kappa shape index (κ2) is 9.18. The minimum Gasteiger partial charge on any atom is -0.497 e. The maximum Gasteiger partial charge on any atom is 0.419 e. The van der Waals surface area contributed by atoms with Crippen molar-refractivity contribution >= 4 is 22.9 Å². The molecule has 0 radical (unpaired) electrons. The van der Waals surface area contributed by atoms with Crippen molar-refractivity contribution in [3.05, 3.63) is 71.5 Å². The Balaban J connectivity index is 1.57. The van der Waals surface area contributed by atoms with E-state index in [0.717, 1.165) is 22.9 Å². The maximum absolute atomic E-state index is 13.3. The molecule has 2 heterocycles. The molecular formula is C23H20F3N3O5. The van der Waals surface area contributed by atoms with Crippen molar-refractivity contribution in [2.45, 2.75) is 24.9 Å². The first-order valence-corrected chi connectivity index (χ1v) is 10.2. The van der Waals surface area contributed by atoms with E-state index >= 15 is 0 Å². The first-order chi connectivity index (χ1) is 16.2. The van der Waals surface area contributed by atoms with Gasteiger partial charge in [0.05, 0.1) is 19.3 Å². The van der Waals surface area contributed by atoms with Gasteiger partial charge in [-0.15, -0.1) is 0 Å². The highest BCUT2D eigenvalue weighted by Crippen LogP contribution is 2.38. The normalized spacial score (nSPS) is 18.1. The van der Waals surface area contributed by atoms with Crippen LogP contribution in [-0.4, -0.2) is 46.9 Å². The molecule has 0 spiro atoms. The van der Waals surface area contributed by atoms with E-state index in [1.807, 2.05) is 24.3 Å². The highest BCUT2D eigenvalue weighted by molar-refractivity contribution is 5.93. The molecule has 1 aliphatic heterocycles. The van der Waals surface area contributed by atoms with Crippen molar-refractivity contribution in [3.8, 4) is 5.75 Å². The van der Waals surface area contributed by atoms with Crippen LogP contribution >= 0.6 is 0 Å². The minimum atomic E-state index is -4.68. The molecule has 2 N–H and O–H groups in total. The number of hydrogen-bond acceptors (Lipinski definition) is 6. The van der Waals surface area contributed by atoms with Crippen molar-refractivity contribution in [1.29, 1.82) is 0 Å². The van der Waals surface area contributed by atoms with Crippen LogP contribution in [0.2, 0.25) is 0 Å². The number of nitrogens with zero attached hydrogens (tertiary/aromatic N) is 2. The van der Waals surface area contributed by atoms with Crippen molar-refractivity contribution < 1.29 is 37.3 Å². The second-order valence-corrected chi connectivity index (χ2v) is 7.60. The Hall–Kier alpha value is -3.86. The second-order valence-electron chi connectivity index (χ2n) is 7.60. The molecular weight excluding hydrogens is 455 g/mol. The first kappa shape index (κ1) is 23.3. The van der Waals surface area contributed by atoms with Crippen LogP contribution in [0.25, 0.3) is 10.8 Å². The molecule has 1 saturated heterocycles. The minimum absolute atomic E-state index is 0.0250. The Morgan fingerprint density at radius 3 is 2.71 bits per heavy atom. The molecule has 2 aromatic carbocycles. The largest absolute Gasteiger partial charge is 0.497 e. The monoisotopic (exact) mass is 475 g/mol. The van der Waals surface area contributed by atoms with Crippen molar-refractivity contribution in [1.82, 2.24) is 15.2 Å². The number of imide groups is 1. The number of amides is 3. The zero-order valence-electron chi connectivity index (χ0n) is 17.9. The maximum atomic E-state index is 13.3.